The zero-order valence-corrected chi connectivity index (χ0v) is 9.67. The third-order valence-corrected chi connectivity index (χ3v) is 1.57. The standard InChI is InChI=1S/C9H17N3O.ClH/c1-8(2)13-9-6-11-12(7-9)5-4-10-3;/h6-8,10H,4-5H2,1-3H3;1H. The molecule has 0 bridgehead atoms. The Labute approximate surface area is 91.0 Å². The van der Waals surface area contributed by atoms with Gasteiger partial charge in [0.25, 0.3) is 0 Å². The Bertz CT molecular complexity index is 250. The molecule has 82 valence electrons. The maximum absolute atomic E-state index is 5.47. The minimum atomic E-state index is 0. The van der Waals surface area contributed by atoms with Crippen molar-refractivity contribution in [1.29, 1.82) is 0 Å². The summed E-state index contributed by atoms with van der Waals surface area (Å²) in [6.45, 7) is 5.80. The number of hydrogen-bond acceptors (Lipinski definition) is 3. The second-order valence-electron chi connectivity index (χ2n) is 3.21. The van der Waals surface area contributed by atoms with E-state index in [0.29, 0.717) is 0 Å². The highest BCUT2D eigenvalue weighted by molar-refractivity contribution is 5.85. The molecule has 1 aromatic rings. The number of hydrogen-bond donors (Lipinski definition) is 1. The molecule has 0 atom stereocenters. The largest absolute Gasteiger partial charge is 0.488 e. The SMILES string of the molecule is CNCCn1cc(OC(C)C)cn1.Cl. The summed E-state index contributed by atoms with van der Waals surface area (Å²) in [6.07, 6.45) is 3.87. The van der Waals surface area contributed by atoms with Crippen molar-refractivity contribution < 1.29 is 4.74 Å². The zero-order chi connectivity index (χ0) is 9.68. The normalized spacial score (nSPS) is 10.0. The summed E-state index contributed by atoms with van der Waals surface area (Å²) in [5.41, 5.74) is 0. The lowest BCUT2D eigenvalue weighted by Gasteiger charge is -2.05. The van der Waals surface area contributed by atoms with E-state index in [1.165, 1.54) is 0 Å². The number of halogens is 1. The summed E-state index contributed by atoms with van der Waals surface area (Å²) in [5.74, 6) is 0.839. The van der Waals surface area contributed by atoms with Gasteiger partial charge >= 0.3 is 0 Å². The van der Waals surface area contributed by atoms with Crippen LogP contribution in [0.5, 0.6) is 5.75 Å². The second kappa shape index (κ2) is 6.68. The van der Waals surface area contributed by atoms with E-state index in [1.54, 1.807) is 6.20 Å². The Hall–Kier alpha value is -0.740. The monoisotopic (exact) mass is 219 g/mol. The van der Waals surface area contributed by atoms with Crippen molar-refractivity contribution in [3.8, 4) is 5.75 Å². The van der Waals surface area contributed by atoms with Crippen LogP contribution in [-0.4, -0.2) is 29.5 Å². The van der Waals surface area contributed by atoms with Crippen LogP contribution in [0.15, 0.2) is 12.4 Å². The lowest BCUT2D eigenvalue weighted by Crippen LogP contribution is -2.15. The molecule has 0 aliphatic rings. The van der Waals surface area contributed by atoms with Gasteiger partial charge in [-0.2, -0.15) is 5.10 Å². The Morgan fingerprint density at radius 1 is 1.57 bits per heavy atom. The van der Waals surface area contributed by atoms with Gasteiger partial charge < -0.3 is 10.1 Å². The van der Waals surface area contributed by atoms with Gasteiger partial charge in [-0.15, -0.1) is 12.4 Å². The summed E-state index contributed by atoms with van der Waals surface area (Å²) in [6, 6.07) is 0. The predicted octanol–water partition coefficient (Wildman–Crippen LogP) is 1.31. The lowest BCUT2D eigenvalue weighted by molar-refractivity contribution is 0.242. The molecule has 1 rings (SSSR count). The van der Waals surface area contributed by atoms with Crippen LogP contribution in [0.1, 0.15) is 13.8 Å². The topological polar surface area (TPSA) is 39.1 Å². The molecule has 0 saturated heterocycles. The second-order valence-corrected chi connectivity index (χ2v) is 3.21. The lowest BCUT2D eigenvalue weighted by atomic mass is 10.5. The smallest absolute Gasteiger partial charge is 0.157 e. The van der Waals surface area contributed by atoms with E-state index in [4.69, 9.17) is 4.74 Å². The van der Waals surface area contributed by atoms with Crippen LogP contribution in [0.4, 0.5) is 0 Å². The first-order chi connectivity index (χ1) is 6.22. The highest BCUT2D eigenvalue weighted by Gasteiger charge is 2.00. The fraction of sp³-hybridized carbons (Fsp3) is 0.667. The number of nitrogens with one attached hydrogen (secondary N) is 1. The average Bonchev–Trinajstić information content (AvgIpc) is 2.48. The highest BCUT2D eigenvalue weighted by Crippen LogP contribution is 2.09. The first-order valence-electron chi connectivity index (χ1n) is 4.56. The minimum absolute atomic E-state index is 0. The van der Waals surface area contributed by atoms with E-state index >= 15 is 0 Å². The molecule has 1 aromatic heterocycles. The van der Waals surface area contributed by atoms with Crippen molar-refractivity contribution in [2.24, 2.45) is 0 Å². The van der Waals surface area contributed by atoms with Crippen molar-refractivity contribution in [1.82, 2.24) is 15.1 Å². The summed E-state index contributed by atoms with van der Waals surface area (Å²) in [4.78, 5) is 0. The molecule has 0 unspecified atom stereocenters. The van der Waals surface area contributed by atoms with Crippen LogP contribution in [0.2, 0.25) is 0 Å². The van der Waals surface area contributed by atoms with Gasteiger partial charge in [0, 0.05) is 6.54 Å². The Morgan fingerprint density at radius 3 is 2.86 bits per heavy atom. The molecule has 0 aliphatic carbocycles. The third-order valence-electron chi connectivity index (χ3n) is 1.57. The van der Waals surface area contributed by atoms with Gasteiger partial charge in [-0.25, -0.2) is 0 Å². The molecule has 0 aliphatic heterocycles. The van der Waals surface area contributed by atoms with Crippen LogP contribution in [0, 0.1) is 0 Å². The predicted molar refractivity (Wildman–Crippen MR) is 59.2 cm³/mol. The Morgan fingerprint density at radius 2 is 2.29 bits per heavy atom. The first kappa shape index (κ1) is 13.3. The van der Waals surface area contributed by atoms with E-state index in [1.807, 2.05) is 31.8 Å². The molecule has 0 radical (unpaired) electrons. The molecule has 4 nitrogen and oxygen atoms in total. The van der Waals surface area contributed by atoms with Gasteiger partial charge in [-0.3, -0.25) is 4.68 Å². The van der Waals surface area contributed by atoms with Crippen molar-refractivity contribution in [3.05, 3.63) is 12.4 Å². The number of rotatable bonds is 5. The average molecular weight is 220 g/mol. The van der Waals surface area contributed by atoms with Crippen molar-refractivity contribution in [3.63, 3.8) is 0 Å². The Kier molecular flexibility index (Phi) is 6.32. The highest BCUT2D eigenvalue weighted by atomic mass is 35.5. The number of nitrogens with zero attached hydrogens (tertiary/aromatic N) is 2. The van der Waals surface area contributed by atoms with Crippen molar-refractivity contribution in [2.75, 3.05) is 13.6 Å². The quantitative estimate of drug-likeness (QED) is 0.812. The van der Waals surface area contributed by atoms with Gasteiger partial charge in [-0.1, -0.05) is 0 Å². The van der Waals surface area contributed by atoms with Gasteiger partial charge in [-0.05, 0) is 20.9 Å². The van der Waals surface area contributed by atoms with Crippen LogP contribution in [0.3, 0.4) is 0 Å². The van der Waals surface area contributed by atoms with Crippen LogP contribution in [0.25, 0.3) is 0 Å². The summed E-state index contributed by atoms with van der Waals surface area (Å²) < 4.78 is 7.34. The molecular formula is C9H18ClN3O. The maximum Gasteiger partial charge on any atom is 0.157 e. The van der Waals surface area contributed by atoms with Gasteiger partial charge in [0.1, 0.15) is 0 Å². The third kappa shape index (κ3) is 4.48. The molecule has 0 spiro atoms. The zero-order valence-electron chi connectivity index (χ0n) is 8.86. The van der Waals surface area contributed by atoms with E-state index in [-0.39, 0.29) is 18.5 Å². The van der Waals surface area contributed by atoms with Gasteiger partial charge in [0.05, 0.1) is 25.0 Å². The van der Waals surface area contributed by atoms with E-state index in [2.05, 4.69) is 10.4 Å². The molecule has 0 saturated carbocycles. The van der Waals surface area contributed by atoms with Crippen LogP contribution >= 0.6 is 12.4 Å². The van der Waals surface area contributed by atoms with Gasteiger partial charge in [0.2, 0.25) is 0 Å². The molecule has 1 N–H and O–H groups in total. The molecular weight excluding hydrogens is 202 g/mol. The fourth-order valence-corrected chi connectivity index (χ4v) is 1.03. The van der Waals surface area contributed by atoms with Gasteiger partial charge in [0.15, 0.2) is 5.75 Å². The van der Waals surface area contributed by atoms with Crippen LogP contribution < -0.4 is 10.1 Å². The summed E-state index contributed by atoms with van der Waals surface area (Å²) >= 11 is 0. The molecule has 0 amide bonds. The molecule has 1 heterocycles. The van der Waals surface area contributed by atoms with E-state index in [9.17, 15) is 0 Å². The van der Waals surface area contributed by atoms with E-state index < -0.39 is 0 Å². The first-order valence-corrected chi connectivity index (χ1v) is 4.56. The maximum atomic E-state index is 5.47. The minimum Gasteiger partial charge on any atom is -0.488 e. The molecule has 5 heteroatoms. The molecule has 14 heavy (non-hydrogen) atoms. The Balaban J connectivity index is 0.00000169. The summed E-state index contributed by atoms with van der Waals surface area (Å²) in [7, 11) is 1.93. The number of ether oxygens (including phenoxy) is 1. The van der Waals surface area contributed by atoms with Crippen molar-refractivity contribution in [2.45, 2.75) is 26.5 Å². The summed E-state index contributed by atoms with van der Waals surface area (Å²) in [5, 5.41) is 7.22. The molecule has 0 fully saturated rings. The van der Waals surface area contributed by atoms with Crippen LogP contribution in [-0.2, 0) is 6.54 Å². The molecule has 0 aromatic carbocycles. The number of aromatic nitrogens is 2. The fourth-order valence-electron chi connectivity index (χ4n) is 1.03. The van der Waals surface area contributed by atoms with Crippen molar-refractivity contribution >= 4 is 12.4 Å². The number of likely N-dealkylation sites (N-methyl/N-ethyl adjacent to an activating group) is 1. The van der Waals surface area contributed by atoms with E-state index in [0.717, 1.165) is 18.8 Å².